The van der Waals surface area contributed by atoms with Crippen LogP contribution in [-0.2, 0) is 16.2 Å². The summed E-state index contributed by atoms with van der Waals surface area (Å²) in [4.78, 5) is 9.83. The zero-order valence-corrected chi connectivity index (χ0v) is 59.5. The second-order valence-corrected chi connectivity index (χ2v) is 30.8. The van der Waals surface area contributed by atoms with Gasteiger partial charge in [-0.25, -0.2) is 9.97 Å². The van der Waals surface area contributed by atoms with Gasteiger partial charge in [-0.2, -0.15) is 0 Å². The van der Waals surface area contributed by atoms with Crippen molar-refractivity contribution in [2.24, 2.45) is 0 Å². The van der Waals surface area contributed by atoms with E-state index < -0.39 is 0 Å². The molecule has 0 saturated carbocycles. The molecule has 4 nitrogen and oxygen atoms in total. The molecule has 19 aromatic rings. The van der Waals surface area contributed by atoms with Crippen molar-refractivity contribution in [3.63, 3.8) is 0 Å². The Labute approximate surface area is 610 Å². The van der Waals surface area contributed by atoms with Gasteiger partial charge in [0.05, 0.1) is 11.4 Å². The lowest BCUT2D eigenvalue weighted by atomic mass is 9.78. The predicted octanol–water partition coefficient (Wildman–Crippen LogP) is 26.5. The van der Waals surface area contributed by atoms with E-state index in [1.165, 1.54) is 176 Å². The van der Waals surface area contributed by atoms with Gasteiger partial charge in [-0.1, -0.05) is 284 Å². The highest BCUT2D eigenvalue weighted by atomic mass is 15.0. The molecule has 0 unspecified atom stereocenters. The number of imidazole rings is 2. The molecule has 0 atom stereocenters. The fourth-order valence-electron chi connectivity index (χ4n) is 18.8. The zero-order valence-electron chi connectivity index (χ0n) is 59.5. The van der Waals surface area contributed by atoms with Crippen molar-refractivity contribution in [3.05, 3.63) is 361 Å². The lowest BCUT2D eigenvalue weighted by Crippen LogP contribution is -2.15. The van der Waals surface area contributed by atoms with Crippen LogP contribution in [0.15, 0.2) is 328 Å². The molecule has 496 valence electrons. The standard InChI is InChI=1S/C51H38N2.C50H34N2/c1-50(2)42-17-9-7-13-34(42)36-25-24-33(27-44(36)50)49-38-16-6-5-15-37(38)48(32-22-20-31(21-23-32)46-30-53-26-12-11-19-47(53)52-46)41-29-45-39(28-40(41)49)35-14-8-10-18-43(35)51(45,3)4;1-50(2)44-20-10-9-17-37(44)40-28-42-43(29-45(40)50)48(32-24-22-31(23-25-32)46-30-52-26-12-11-21-47(52)51-46)38-18-7-8-19-39(38)49(42)41-27-33-13-3-4-14-34(33)35-15-5-6-16-36(35)41/h5-30H,1-4H3;3-30H,1-2H3. The SMILES string of the molecule is CC1(C)c2ccccc2-c2cc3c(-c4cc5ccccc5c5ccccc45)c4ccccc4c(-c4ccc(-c5cn6ccccc6n5)cc4)c3cc21.CC1(C)c2ccccc2-c2ccc(-c3c4ccccc4c(-c4ccc(-c5cn6ccccc6n5)cc4)c4cc5c(cc34)-c3ccccc3C5(C)C)cc21. The van der Waals surface area contributed by atoms with Gasteiger partial charge in [0.25, 0.3) is 0 Å². The summed E-state index contributed by atoms with van der Waals surface area (Å²) in [6.07, 6.45) is 8.33. The maximum Gasteiger partial charge on any atom is 0.137 e. The maximum absolute atomic E-state index is 4.92. The number of rotatable bonds is 6. The molecular weight excluding hydrogens is 1270 g/mol. The summed E-state index contributed by atoms with van der Waals surface area (Å²) < 4.78 is 4.17. The molecule has 4 heteroatoms. The van der Waals surface area contributed by atoms with Crippen molar-refractivity contribution < 1.29 is 0 Å². The fraction of sp³-hybridized carbons (Fsp3) is 0.0891. The summed E-state index contributed by atoms with van der Waals surface area (Å²) in [5, 5.41) is 15.3. The summed E-state index contributed by atoms with van der Waals surface area (Å²) in [6, 6.07) is 113. The Morgan fingerprint density at radius 1 is 0.219 bits per heavy atom. The van der Waals surface area contributed by atoms with E-state index in [0.29, 0.717) is 0 Å². The largest absolute Gasteiger partial charge is 0.306 e. The first kappa shape index (κ1) is 61.0. The minimum Gasteiger partial charge on any atom is -0.306 e. The Balaban J connectivity index is 0.000000135. The van der Waals surface area contributed by atoms with Crippen LogP contribution in [0.25, 0.3) is 176 Å². The summed E-state index contributed by atoms with van der Waals surface area (Å²) in [7, 11) is 0. The van der Waals surface area contributed by atoms with Crippen LogP contribution >= 0.6 is 0 Å². The van der Waals surface area contributed by atoms with E-state index in [9.17, 15) is 0 Å². The summed E-state index contributed by atoms with van der Waals surface area (Å²) >= 11 is 0. The van der Waals surface area contributed by atoms with Crippen molar-refractivity contribution in [2.45, 2.75) is 57.8 Å². The molecule has 0 N–H and O–H groups in total. The first-order valence-electron chi connectivity index (χ1n) is 36.8. The van der Waals surface area contributed by atoms with Crippen LogP contribution in [0.4, 0.5) is 0 Å². The van der Waals surface area contributed by atoms with E-state index in [2.05, 4.69) is 354 Å². The Morgan fingerprint density at radius 3 is 1.05 bits per heavy atom. The minimum absolute atomic E-state index is 0.0830. The van der Waals surface area contributed by atoms with Crippen molar-refractivity contribution in [2.75, 3.05) is 0 Å². The van der Waals surface area contributed by atoms with E-state index in [4.69, 9.17) is 9.97 Å². The molecule has 15 aromatic carbocycles. The molecule has 4 heterocycles. The highest BCUT2D eigenvalue weighted by Gasteiger charge is 2.40. The zero-order chi connectivity index (χ0) is 70.2. The Kier molecular flexibility index (Phi) is 13.1. The number of pyridine rings is 2. The summed E-state index contributed by atoms with van der Waals surface area (Å²) in [5.74, 6) is 0. The highest BCUT2D eigenvalue weighted by Crippen LogP contribution is 2.58. The van der Waals surface area contributed by atoms with Crippen LogP contribution < -0.4 is 0 Å². The van der Waals surface area contributed by atoms with Crippen molar-refractivity contribution in [3.8, 4) is 100 Å². The van der Waals surface area contributed by atoms with E-state index in [0.717, 1.165) is 33.8 Å². The summed E-state index contributed by atoms with van der Waals surface area (Å²) in [6.45, 7) is 14.3. The van der Waals surface area contributed by atoms with Gasteiger partial charge < -0.3 is 8.80 Å². The molecule has 4 aromatic heterocycles. The molecule has 0 aliphatic heterocycles. The molecular formula is C101H72N4. The number of hydrogen-bond acceptors (Lipinski definition) is 2. The Hall–Kier alpha value is -12.8. The van der Waals surface area contributed by atoms with Gasteiger partial charge in [-0.3, -0.25) is 0 Å². The topological polar surface area (TPSA) is 34.6 Å². The monoisotopic (exact) mass is 1340 g/mol. The van der Waals surface area contributed by atoms with Crippen LogP contribution in [-0.4, -0.2) is 18.8 Å². The Bertz CT molecular complexity index is 6850. The second kappa shape index (κ2) is 22.6. The average molecular weight is 1340 g/mol. The molecule has 0 spiro atoms. The van der Waals surface area contributed by atoms with Gasteiger partial charge in [0.2, 0.25) is 0 Å². The van der Waals surface area contributed by atoms with Crippen LogP contribution in [0, 0.1) is 0 Å². The first-order valence-corrected chi connectivity index (χ1v) is 36.8. The second-order valence-electron chi connectivity index (χ2n) is 30.8. The van der Waals surface area contributed by atoms with Crippen molar-refractivity contribution in [1.29, 1.82) is 0 Å². The lowest BCUT2D eigenvalue weighted by molar-refractivity contribution is 0.660. The molecule has 0 bridgehead atoms. The third-order valence-electron chi connectivity index (χ3n) is 24.0. The normalized spacial score (nSPS) is 14.0. The van der Waals surface area contributed by atoms with Gasteiger partial charge in [-0.05, 0) is 237 Å². The smallest absolute Gasteiger partial charge is 0.137 e. The molecule has 22 rings (SSSR count). The number of benzene rings is 15. The van der Waals surface area contributed by atoms with Crippen LogP contribution in [0.3, 0.4) is 0 Å². The average Bonchev–Trinajstić information content (AvgIpc) is 1.60. The van der Waals surface area contributed by atoms with Gasteiger partial charge in [-0.15, -0.1) is 0 Å². The van der Waals surface area contributed by atoms with Gasteiger partial charge >= 0.3 is 0 Å². The third-order valence-corrected chi connectivity index (χ3v) is 24.0. The maximum atomic E-state index is 4.92. The summed E-state index contributed by atoms with van der Waals surface area (Å²) in [5.41, 5.74) is 32.3. The van der Waals surface area contributed by atoms with Crippen molar-refractivity contribution in [1.82, 2.24) is 18.8 Å². The van der Waals surface area contributed by atoms with Crippen LogP contribution in [0.5, 0.6) is 0 Å². The molecule has 105 heavy (non-hydrogen) atoms. The minimum atomic E-state index is -0.119. The van der Waals surface area contributed by atoms with Gasteiger partial charge in [0, 0.05) is 52.2 Å². The number of nitrogens with zero attached hydrogens (tertiary/aromatic N) is 4. The number of fused-ring (bicyclic) bond motifs is 18. The van der Waals surface area contributed by atoms with E-state index >= 15 is 0 Å². The van der Waals surface area contributed by atoms with E-state index in [1.54, 1.807) is 0 Å². The van der Waals surface area contributed by atoms with Crippen LogP contribution in [0.1, 0.15) is 74.9 Å². The molecule has 3 aliphatic rings. The fourth-order valence-corrected chi connectivity index (χ4v) is 18.8. The lowest BCUT2D eigenvalue weighted by Gasteiger charge is -2.25. The van der Waals surface area contributed by atoms with Crippen LogP contribution in [0.2, 0.25) is 0 Å². The number of aromatic nitrogens is 4. The van der Waals surface area contributed by atoms with Crippen molar-refractivity contribution >= 4 is 75.9 Å². The molecule has 0 radical (unpaired) electrons. The quantitative estimate of drug-likeness (QED) is 0.123. The Morgan fingerprint density at radius 2 is 0.562 bits per heavy atom. The molecule has 0 amide bonds. The van der Waals surface area contributed by atoms with E-state index in [-0.39, 0.29) is 16.2 Å². The van der Waals surface area contributed by atoms with Gasteiger partial charge in [0.15, 0.2) is 0 Å². The predicted molar refractivity (Wildman–Crippen MR) is 441 cm³/mol. The highest BCUT2D eigenvalue weighted by molar-refractivity contribution is 6.27. The first-order chi connectivity index (χ1) is 51.3. The molecule has 3 aliphatic carbocycles. The molecule has 0 saturated heterocycles. The van der Waals surface area contributed by atoms with Gasteiger partial charge in [0.1, 0.15) is 11.3 Å². The number of hydrogen-bond donors (Lipinski definition) is 0. The van der Waals surface area contributed by atoms with E-state index in [1.807, 2.05) is 24.3 Å². The molecule has 0 fully saturated rings. The third kappa shape index (κ3) is 9.06.